The van der Waals surface area contributed by atoms with E-state index in [1.54, 1.807) is 24.3 Å². The molecule has 1 aromatic carbocycles. The molecule has 6 nitrogen and oxygen atoms in total. The van der Waals surface area contributed by atoms with E-state index in [2.05, 4.69) is 9.13 Å². The van der Waals surface area contributed by atoms with Crippen LogP contribution in [0.5, 0.6) is 0 Å². The van der Waals surface area contributed by atoms with Crippen LogP contribution in [0.2, 0.25) is 0 Å². The van der Waals surface area contributed by atoms with Crippen LogP contribution in [-0.4, -0.2) is 29.0 Å². The highest BCUT2D eigenvalue weighted by Gasteiger charge is 2.30. The Balaban J connectivity index is 2.37. The van der Waals surface area contributed by atoms with Gasteiger partial charge in [-0.25, -0.2) is 14.0 Å². The first kappa shape index (κ1) is 12.3. The molecule has 1 aliphatic heterocycles. The van der Waals surface area contributed by atoms with Gasteiger partial charge in [-0.2, -0.15) is 0 Å². The van der Waals surface area contributed by atoms with E-state index in [1.165, 1.54) is 0 Å². The molecule has 7 heteroatoms. The first-order valence-corrected chi connectivity index (χ1v) is 5.64. The first-order valence-electron chi connectivity index (χ1n) is 4.86. The monoisotopic (exact) mass is 265 g/mol. The van der Waals surface area contributed by atoms with Crippen molar-refractivity contribution in [3.63, 3.8) is 0 Å². The summed E-state index contributed by atoms with van der Waals surface area (Å²) in [7, 11) is 0. The zero-order valence-electron chi connectivity index (χ0n) is 8.90. The Labute approximate surface area is 106 Å². The molecule has 0 aromatic heterocycles. The van der Waals surface area contributed by atoms with Crippen LogP contribution in [-0.2, 0) is 19.1 Å². The number of ketones is 1. The second-order valence-electron chi connectivity index (χ2n) is 3.36. The Hall–Kier alpha value is -2.15. The van der Waals surface area contributed by atoms with Crippen LogP contribution in [0.15, 0.2) is 33.6 Å². The number of nitrogens with zero attached hydrogens (tertiary/aromatic N) is 1. The second-order valence-corrected chi connectivity index (χ2v) is 4.19. The van der Waals surface area contributed by atoms with Crippen LogP contribution >= 0.6 is 11.9 Å². The number of carbonyl (C=O) groups excluding carboxylic acids is 2. The quantitative estimate of drug-likeness (QED) is 0.463. The Kier molecular flexibility index (Phi) is 3.42. The maximum atomic E-state index is 11.7. The molecule has 0 bridgehead atoms. The number of benzene rings is 1. The zero-order valence-corrected chi connectivity index (χ0v) is 9.72. The molecule has 1 atom stereocenters. The summed E-state index contributed by atoms with van der Waals surface area (Å²) in [6.45, 7) is 0. The van der Waals surface area contributed by atoms with Crippen LogP contribution in [0.1, 0.15) is 11.7 Å². The van der Waals surface area contributed by atoms with Gasteiger partial charge in [-0.3, -0.25) is 4.79 Å². The number of carboxylic acid groups (broad SMARTS) is 1. The number of esters is 1. The number of hydrogen-bond donors (Lipinski definition) is 1. The summed E-state index contributed by atoms with van der Waals surface area (Å²) in [5.74, 6) is -3.78. The molecule has 1 aromatic rings. The fourth-order valence-electron chi connectivity index (χ4n) is 1.42. The van der Waals surface area contributed by atoms with E-state index in [1.807, 2.05) is 0 Å². The molecule has 1 unspecified atom stereocenters. The van der Waals surface area contributed by atoms with Gasteiger partial charge < -0.3 is 9.84 Å². The predicted molar refractivity (Wildman–Crippen MR) is 62.3 cm³/mol. The SMILES string of the molecule is O=C(O)C(=O)OC1C(=O)C=NSc2ccccc21. The van der Waals surface area contributed by atoms with Gasteiger partial charge in [-0.1, -0.05) is 18.2 Å². The Morgan fingerprint density at radius 3 is 2.78 bits per heavy atom. The number of rotatable bonds is 1. The van der Waals surface area contributed by atoms with E-state index in [4.69, 9.17) is 5.11 Å². The van der Waals surface area contributed by atoms with Gasteiger partial charge in [0.05, 0.1) is 6.21 Å². The van der Waals surface area contributed by atoms with E-state index < -0.39 is 23.8 Å². The van der Waals surface area contributed by atoms with Crippen molar-refractivity contribution in [2.45, 2.75) is 11.0 Å². The van der Waals surface area contributed by atoms with E-state index >= 15 is 0 Å². The molecule has 1 heterocycles. The number of carbonyl (C=O) groups is 3. The van der Waals surface area contributed by atoms with Crippen LogP contribution in [0.25, 0.3) is 0 Å². The normalized spacial score (nSPS) is 17.8. The minimum Gasteiger partial charge on any atom is -0.473 e. The first-order chi connectivity index (χ1) is 8.59. The maximum Gasteiger partial charge on any atom is 0.418 e. The molecule has 0 saturated heterocycles. The third-order valence-electron chi connectivity index (χ3n) is 2.19. The van der Waals surface area contributed by atoms with E-state index in [0.29, 0.717) is 10.5 Å². The zero-order chi connectivity index (χ0) is 13.1. The average molecular weight is 265 g/mol. The smallest absolute Gasteiger partial charge is 0.418 e. The fraction of sp³-hybridized carbons (Fsp3) is 0.0909. The van der Waals surface area contributed by atoms with Crippen molar-refractivity contribution >= 4 is 35.9 Å². The van der Waals surface area contributed by atoms with Gasteiger partial charge >= 0.3 is 11.9 Å². The fourth-order valence-corrected chi connectivity index (χ4v) is 2.11. The Bertz CT molecular complexity index is 554. The van der Waals surface area contributed by atoms with E-state index in [-0.39, 0.29) is 0 Å². The van der Waals surface area contributed by atoms with Gasteiger partial charge in [0.2, 0.25) is 5.78 Å². The van der Waals surface area contributed by atoms with E-state index in [0.717, 1.165) is 18.2 Å². The number of ether oxygens (including phenoxy) is 1. The van der Waals surface area contributed by atoms with Crippen molar-refractivity contribution in [1.82, 2.24) is 0 Å². The average Bonchev–Trinajstić information content (AvgIpc) is 2.50. The number of carboxylic acids is 1. The summed E-state index contributed by atoms with van der Waals surface area (Å²) in [5.41, 5.74) is 0.430. The lowest BCUT2D eigenvalue weighted by Gasteiger charge is -2.14. The summed E-state index contributed by atoms with van der Waals surface area (Å²) < 4.78 is 8.48. The molecular formula is C11H7NO5S. The van der Waals surface area contributed by atoms with Gasteiger partial charge in [0, 0.05) is 22.4 Å². The molecule has 92 valence electrons. The molecule has 0 radical (unpaired) electrons. The molecule has 0 fully saturated rings. The van der Waals surface area contributed by atoms with Crippen molar-refractivity contribution in [3.05, 3.63) is 29.8 Å². The summed E-state index contributed by atoms with van der Waals surface area (Å²) in [5, 5.41) is 8.49. The topological polar surface area (TPSA) is 93.0 Å². The van der Waals surface area contributed by atoms with Gasteiger partial charge in [0.1, 0.15) is 0 Å². The number of Topliss-reactive ketones (excluding diaryl/α,β-unsaturated/α-hetero) is 1. The highest BCUT2D eigenvalue weighted by molar-refractivity contribution is 7.98. The predicted octanol–water partition coefficient (Wildman–Crippen LogP) is 1.02. The Morgan fingerprint density at radius 2 is 2.06 bits per heavy atom. The van der Waals surface area contributed by atoms with E-state index in [9.17, 15) is 14.4 Å². The van der Waals surface area contributed by atoms with Crippen LogP contribution in [0.4, 0.5) is 0 Å². The van der Waals surface area contributed by atoms with Crippen LogP contribution < -0.4 is 0 Å². The highest BCUT2D eigenvalue weighted by atomic mass is 32.2. The van der Waals surface area contributed by atoms with Crippen molar-refractivity contribution in [2.75, 3.05) is 0 Å². The van der Waals surface area contributed by atoms with Crippen molar-refractivity contribution < 1.29 is 24.2 Å². The summed E-state index contributed by atoms with van der Waals surface area (Å²) in [6.07, 6.45) is -0.242. The third kappa shape index (κ3) is 2.40. The minimum atomic E-state index is -1.74. The van der Waals surface area contributed by atoms with Crippen LogP contribution in [0.3, 0.4) is 0 Å². The lowest BCUT2D eigenvalue weighted by atomic mass is 10.1. The third-order valence-corrected chi connectivity index (χ3v) is 2.97. The highest BCUT2D eigenvalue weighted by Crippen LogP contribution is 2.32. The van der Waals surface area contributed by atoms with Crippen molar-refractivity contribution in [1.29, 1.82) is 0 Å². The number of hydrogen-bond acceptors (Lipinski definition) is 6. The van der Waals surface area contributed by atoms with Gasteiger partial charge in [0.15, 0.2) is 6.10 Å². The van der Waals surface area contributed by atoms with Gasteiger partial charge in [0.25, 0.3) is 0 Å². The second kappa shape index (κ2) is 5.01. The largest absolute Gasteiger partial charge is 0.473 e. The molecule has 0 saturated carbocycles. The lowest BCUT2D eigenvalue weighted by Crippen LogP contribution is -2.25. The molecule has 1 N–H and O–H groups in total. The maximum absolute atomic E-state index is 11.7. The molecule has 0 spiro atoms. The van der Waals surface area contributed by atoms with Crippen LogP contribution in [0, 0.1) is 0 Å². The van der Waals surface area contributed by atoms with Crippen molar-refractivity contribution in [3.8, 4) is 0 Å². The minimum absolute atomic E-state index is 0.430. The van der Waals surface area contributed by atoms with Gasteiger partial charge in [-0.15, -0.1) is 0 Å². The lowest BCUT2D eigenvalue weighted by molar-refractivity contribution is -0.168. The summed E-state index contributed by atoms with van der Waals surface area (Å²) in [4.78, 5) is 33.9. The molecule has 1 aliphatic rings. The molecular weight excluding hydrogens is 258 g/mol. The molecule has 18 heavy (non-hydrogen) atoms. The van der Waals surface area contributed by atoms with Crippen molar-refractivity contribution in [2.24, 2.45) is 4.40 Å². The van der Waals surface area contributed by atoms with Gasteiger partial charge in [-0.05, 0) is 6.07 Å². The summed E-state index contributed by atoms with van der Waals surface area (Å²) >= 11 is 1.06. The molecule has 0 amide bonds. The standard InChI is InChI=1S/C11H7NO5S/c13-7-5-12-18-8-4-2-1-3-6(8)9(7)17-11(16)10(14)15/h1-5,9H,(H,14,15). The molecule has 0 aliphatic carbocycles. The molecule has 2 rings (SSSR count). The summed E-state index contributed by atoms with van der Waals surface area (Å²) in [6, 6.07) is 6.71. The number of fused-ring (bicyclic) bond motifs is 1. The Morgan fingerprint density at radius 1 is 1.33 bits per heavy atom. The number of aliphatic carboxylic acids is 1.